The lowest BCUT2D eigenvalue weighted by Gasteiger charge is -2.11. The smallest absolute Gasteiger partial charge is 0.417 e. The van der Waals surface area contributed by atoms with Gasteiger partial charge in [-0.3, -0.25) is 4.79 Å². The lowest BCUT2D eigenvalue weighted by molar-refractivity contribution is -0.137. The van der Waals surface area contributed by atoms with E-state index in [9.17, 15) is 18.0 Å². The monoisotopic (exact) mass is 458 g/mol. The molecule has 0 saturated heterocycles. The van der Waals surface area contributed by atoms with Gasteiger partial charge in [0.25, 0.3) is 0 Å². The van der Waals surface area contributed by atoms with Crippen molar-refractivity contribution >= 4 is 35.1 Å². The van der Waals surface area contributed by atoms with Gasteiger partial charge in [0, 0.05) is 6.20 Å². The Balaban J connectivity index is 1.70. The van der Waals surface area contributed by atoms with Crippen LogP contribution in [0.2, 0.25) is 5.02 Å². The van der Waals surface area contributed by atoms with E-state index in [-0.39, 0.29) is 16.6 Å². The highest BCUT2D eigenvalue weighted by Crippen LogP contribution is 2.32. The molecule has 0 saturated carbocycles. The highest BCUT2D eigenvalue weighted by Gasteiger charge is 2.31. The van der Waals surface area contributed by atoms with Gasteiger partial charge in [0.2, 0.25) is 11.1 Å². The molecule has 2 aromatic heterocycles. The molecule has 0 aliphatic heterocycles. The average Bonchev–Trinajstić information content (AvgIpc) is 3.15. The summed E-state index contributed by atoms with van der Waals surface area (Å²) in [5.74, 6) is -0.303. The van der Waals surface area contributed by atoms with Crippen LogP contribution in [0.4, 0.5) is 19.0 Å². The predicted octanol–water partition coefficient (Wildman–Crippen LogP) is 3.78. The summed E-state index contributed by atoms with van der Waals surface area (Å²) in [5, 5.41) is 13.8. The first-order valence-corrected chi connectivity index (χ1v) is 9.64. The Morgan fingerprint density at radius 2 is 2.10 bits per heavy atom. The number of nitrogens with zero attached hydrogens (tertiary/aromatic N) is 5. The fourth-order valence-corrected chi connectivity index (χ4v) is 3.27. The lowest BCUT2D eigenvalue weighted by Crippen LogP contribution is -2.16. The minimum atomic E-state index is -4.58. The second-order valence-electron chi connectivity index (χ2n) is 5.94. The Kier molecular flexibility index (Phi) is 6.46. The number of carbonyl (C=O) groups excluding carboxylic acids is 1. The van der Waals surface area contributed by atoms with Crippen molar-refractivity contribution < 1.29 is 22.7 Å². The third-order valence-corrected chi connectivity index (χ3v) is 4.97. The second-order valence-corrected chi connectivity index (χ2v) is 7.29. The zero-order chi connectivity index (χ0) is 21.9. The number of carbonyl (C=O) groups is 1. The van der Waals surface area contributed by atoms with Crippen LogP contribution in [-0.2, 0) is 11.0 Å². The molecule has 3 aromatic rings. The molecule has 30 heavy (non-hydrogen) atoms. The molecule has 1 aromatic carbocycles. The number of alkyl halides is 3. The van der Waals surface area contributed by atoms with Gasteiger partial charge in [-0.2, -0.15) is 17.9 Å². The molecule has 3 rings (SSSR count). The molecule has 158 valence electrons. The average molecular weight is 459 g/mol. The molecule has 8 nitrogen and oxygen atoms in total. The number of aromatic nitrogens is 5. The van der Waals surface area contributed by atoms with Gasteiger partial charge in [0.05, 0.1) is 23.4 Å². The molecule has 0 bridgehead atoms. The zero-order valence-corrected chi connectivity index (χ0v) is 17.1. The zero-order valence-electron chi connectivity index (χ0n) is 15.6. The Morgan fingerprint density at radius 3 is 2.77 bits per heavy atom. The van der Waals surface area contributed by atoms with Crippen LogP contribution in [-0.4, -0.2) is 44.0 Å². The van der Waals surface area contributed by atoms with E-state index < -0.39 is 17.6 Å². The number of anilines is 1. The van der Waals surface area contributed by atoms with Crippen LogP contribution in [0.5, 0.6) is 5.75 Å². The number of amides is 1. The van der Waals surface area contributed by atoms with Crippen LogP contribution < -0.4 is 10.1 Å². The van der Waals surface area contributed by atoms with Gasteiger partial charge in [0.1, 0.15) is 11.4 Å². The maximum Gasteiger partial charge on any atom is 0.417 e. The van der Waals surface area contributed by atoms with Crippen LogP contribution in [0, 0.1) is 6.92 Å². The first-order valence-electron chi connectivity index (χ1n) is 8.28. The molecule has 0 unspecified atom stereocenters. The van der Waals surface area contributed by atoms with Crippen LogP contribution >= 0.6 is 23.4 Å². The highest BCUT2D eigenvalue weighted by atomic mass is 35.5. The number of hydrogen-bond donors (Lipinski definition) is 1. The molecule has 0 radical (unpaired) electrons. The van der Waals surface area contributed by atoms with E-state index in [1.807, 2.05) is 19.1 Å². The summed E-state index contributed by atoms with van der Waals surface area (Å²) in [5.41, 5.74) is 0.544. The van der Waals surface area contributed by atoms with E-state index in [4.69, 9.17) is 16.3 Å². The van der Waals surface area contributed by atoms with Crippen molar-refractivity contribution in [2.45, 2.75) is 18.3 Å². The van der Waals surface area contributed by atoms with Crippen LogP contribution in [0.1, 0.15) is 11.1 Å². The van der Waals surface area contributed by atoms with E-state index >= 15 is 0 Å². The SMILES string of the molecule is COc1ccc(C)cc1-n1nnnc1SCC(=O)Nc1ncc(C(F)(F)F)cc1Cl. The number of halogens is 4. The standard InChI is InChI=1S/C17H14ClF3N6O2S/c1-9-3-4-13(29-2)12(5-9)27-16(24-25-26-27)30-8-14(28)23-15-11(18)6-10(7-22-15)17(19,20)21/h3-7H,8H2,1-2H3,(H,22,23,28). The van der Waals surface area contributed by atoms with E-state index in [1.165, 1.54) is 11.8 Å². The van der Waals surface area contributed by atoms with Crippen molar-refractivity contribution in [3.8, 4) is 11.4 Å². The second kappa shape index (κ2) is 8.88. The summed E-state index contributed by atoms with van der Waals surface area (Å²) >= 11 is 6.82. The topological polar surface area (TPSA) is 94.8 Å². The molecule has 0 aliphatic rings. The number of methoxy groups -OCH3 is 1. The number of tetrazole rings is 1. The first kappa shape index (κ1) is 21.8. The van der Waals surface area contributed by atoms with Crippen molar-refractivity contribution in [3.05, 3.63) is 46.6 Å². The summed E-state index contributed by atoms with van der Waals surface area (Å²) in [4.78, 5) is 15.8. The summed E-state index contributed by atoms with van der Waals surface area (Å²) in [6.07, 6.45) is -3.98. The van der Waals surface area contributed by atoms with Crippen molar-refractivity contribution in [2.24, 2.45) is 0 Å². The molecular weight excluding hydrogens is 445 g/mol. The quantitative estimate of drug-likeness (QED) is 0.562. The molecule has 0 spiro atoms. The van der Waals surface area contributed by atoms with Crippen LogP contribution in [0.3, 0.4) is 0 Å². The van der Waals surface area contributed by atoms with Crippen molar-refractivity contribution in [2.75, 3.05) is 18.2 Å². The number of aryl methyl sites for hydroxylation is 1. The summed E-state index contributed by atoms with van der Waals surface area (Å²) in [6, 6.07) is 6.16. The largest absolute Gasteiger partial charge is 0.494 e. The van der Waals surface area contributed by atoms with Crippen LogP contribution in [0.25, 0.3) is 5.69 Å². The lowest BCUT2D eigenvalue weighted by atomic mass is 10.2. The Bertz CT molecular complexity index is 1080. The maximum absolute atomic E-state index is 12.7. The number of thioether (sulfide) groups is 1. The summed E-state index contributed by atoms with van der Waals surface area (Å²) in [6.45, 7) is 1.90. The normalized spacial score (nSPS) is 11.4. The van der Waals surface area contributed by atoms with Gasteiger partial charge in [-0.05, 0) is 41.1 Å². The molecule has 0 aliphatic carbocycles. The molecule has 13 heteroatoms. The molecule has 2 heterocycles. The molecule has 1 N–H and O–H groups in total. The summed E-state index contributed by atoms with van der Waals surface area (Å²) < 4.78 is 44.8. The third kappa shape index (κ3) is 5.00. The maximum atomic E-state index is 12.7. The van der Waals surface area contributed by atoms with E-state index in [0.717, 1.165) is 17.3 Å². The Hall–Kier alpha value is -2.86. The number of rotatable bonds is 6. The fraction of sp³-hybridized carbons (Fsp3) is 0.235. The summed E-state index contributed by atoms with van der Waals surface area (Å²) in [7, 11) is 1.51. The van der Waals surface area contributed by atoms with Gasteiger partial charge in [0.15, 0.2) is 5.82 Å². The van der Waals surface area contributed by atoms with Gasteiger partial charge in [-0.1, -0.05) is 29.4 Å². The Morgan fingerprint density at radius 1 is 1.33 bits per heavy atom. The highest BCUT2D eigenvalue weighted by molar-refractivity contribution is 7.99. The minimum absolute atomic E-state index is 0.131. The fourth-order valence-electron chi connectivity index (χ4n) is 2.37. The number of benzene rings is 1. The van der Waals surface area contributed by atoms with E-state index in [1.54, 1.807) is 6.07 Å². The molecular formula is C17H14ClF3N6O2S. The third-order valence-electron chi connectivity index (χ3n) is 3.76. The number of nitrogens with one attached hydrogen (secondary N) is 1. The van der Waals surface area contributed by atoms with Gasteiger partial charge in [-0.25, -0.2) is 4.98 Å². The number of pyridine rings is 1. The Labute approximate surface area is 177 Å². The molecule has 0 atom stereocenters. The minimum Gasteiger partial charge on any atom is -0.494 e. The predicted molar refractivity (Wildman–Crippen MR) is 104 cm³/mol. The van der Waals surface area contributed by atoms with E-state index in [2.05, 4.69) is 25.8 Å². The van der Waals surface area contributed by atoms with Crippen molar-refractivity contribution in [1.29, 1.82) is 0 Å². The van der Waals surface area contributed by atoms with Gasteiger partial charge >= 0.3 is 6.18 Å². The van der Waals surface area contributed by atoms with Gasteiger partial charge in [-0.15, -0.1) is 5.10 Å². The molecule has 0 fully saturated rings. The first-order chi connectivity index (χ1) is 14.2. The van der Waals surface area contributed by atoms with Gasteiger partial charge < -0.3 is 10.1 Å². The van der Waals surface area contributed by atoms with Crippen molar-refractivity contribution in [1.82, 2.24) is 25.2 Å². The van der Waals surface area contributed by atoms with E-state index in [0.29, 0.717) is 28.9 Å². The number of ether oxygens (including phenoxy) is 1. The number of hydrogen-bond acceptors (Lipinski definition) is 7. The van der Waals surface area contributed by atoms with Crippen molar-refractivity contribution in [3.63, 3.8) is 0 Å². The molecule has 1 amide bonds. The van der Waals surface area contributed by atoms with Crippen LogP contribution in [0.15, 0.2) is 35.6 Å².